The Kier molecular flexibility index (Phi) is 4.28. The number of amides is 2. The number of hydrogen-bond acceptors (Lipinski definition) is 3. The van der Waals surface area contributed by atoms with Crippen molar-refractivity contribution >= 4 is 11.8 Å². The average Bonchev–Trinajstić information content (AvgIpc) is 3.22. The van der Waals surface area contributed by atoms with Gasteiger partial charge >= 0.3 is 6.18 Å². The normalized spacial score (nSPS) is 20.7. The van der Waals surface area contributed by atoms with Gasteiger partial charge in [-0.15, -0.1) is 0 Å². The Labute approximate surface area is 141 Å². The van der Waals surface area contributed by atoms with Crippen LogP contribution >= 0.6 is 0 Å². The highest BCUT2D eigenvalue weighted by Gasteiger charge is 2.44. The molecule has 1 aliphatic heterocycles. The van der Waals surface area contributed by atoms with Crippen LogP contribution in [0.15, 0.2) is 47.1 Å². The minimum atomic E-state index is -4.77. The fourth-order valence-corrected chi connectivity index (χ4v) is 3.16. The second-order valence-electron chi connectivity index (χ2n) is 5.90. The lowest BCUT2D eigenvalue weighted by Gasteiger charge is -2.17. The zero-order valence-corrected chi connectivity index (χ0v) is 13.0. The van der Waals surface area contributed by atoms with Crippen molar-refractivity contribution in [1.29, 1.82) is 0 Å². The maximum absolute atomic E-state index is 12.9. The molecular weight excluding hydrogens is 337 g/mol. The third kappa shape index (κ3) is 3.24. The van der Waals surface area contributed by atoms with Gasteiger partial charge in [-0.1, -0.05) is 30.3 Å². The first-order valence-corrected chi connectivity index (χ1v) is 7.57. The van der Waals surface area contributed by atoms with Crippen LogP contribution in [0.5, 0.6) is 0 Å². The summed E-state index contributed by atoms with van der Waals surface area (Å²) in [5.74, 6) is -3.77. The van der Waals surface area contributed by atoms with Crippen molar-refractivity contribution < 1.29 is 27.2 Å². The van der Waals surface area contributed by atoms with Gasteiger partial charge in [0.2, 0.25) is 11.7 Å². The van der Waals surface area contributed by atoms with Gasteiger partial charge in [-0.05, 0) is 11.6 Å². The Balaban J connectivity index is 1.88. The summed E-state index contributed by atoms with van der Waals surface area (Å²) in [7, 11) is 0. The first-order chi connectivity index (χ1) is 11.8. The van der Waals surface area contributed by atoms with Crippen LogP contribution in [0, 0.1) is 5.92 Å². The molecule has 2 aromatic rings. The molecule has 0 radical (unpaired) electrons. The minimum Gasteiger partial charge on any atom is -0.459 e. The van der Waals surface area contributed by atoms with Gasteiger partial charge < -0.3 is 15.1 Å². The summed E-state index contributed by atoms with van der Waals surface area (Å²) in [6.07, 6.45) is -3.94. The van der Waals surface area contributed by atoms with E-state index in [9.17, 15) is 22.8 Å². The number of carbonyl (C=O) groups excluding carboxylic acids is 2. The van der Waals surface area contributed by atoms with Gasteiger partial charge in [0.1, 0.15) is 0 Å². The molecule has 0 unspecified atom stereocenters. The van der Waals surface area contributed by atoms with Crippen LogP contribution in [0.4, 0.5) is 13.2 Å². The number of alkyl halides is 3. The van der Waals surface area contributed by atoms with E-state index in [-0.39, 0.29) is 19.0 Å². The van der Waals surface area contributed by atoms with E-state index in [1.807, 2.05) is 6.07 Å². The van der Waals surface area contributed by atoms with Gasteiger partial charge in [-0.3, -0.25) is 9.59 Å². The van der Waals surface area contributed by atoms with E-state index in [1.165, 1.54) is 4.90 Å². The first kappa shape index (κ1) is 17.1. The van der Waals surface area contributed by atoms with Crippen molar-refractivity contribution in [2.24, 2.45) is 11.7 Å². The summed E-state index contributed by atoms with van der Waals surface area (Å²) in [5.41, 5.74) is 5.67. The Hall–Kier alpha value is -2.77. The highest BCUT2D eigenvalue weighted by molar-refractivity contribution is 5.96. The molecule has 1 fully saturated rings. The molecule has 1 aromatic carbocycles. The molecule has 0 spiro atoms. The van der Waals surface area contributed by atoms with Crippen LogP contribution < -0.4 is 5.73 Å². The Morgan fingerprint density at radius 3 is 2.40 bits per heavy atom. The van der Waals surface area contributed by atoms with E-state index in [1.54, 1.807) is 24.3 Å². The molecule has 0 aliphatic carbocycles. The average molecular weight is 352 g/mol. The zero-order chi connectivity index (χ0) is 18.2. The SMILES string of the molecule is NC(=O)[C@@H]1CN(C(=O)c2ccoc2C(F)(F)F)C[C@H]1c1ccccc1. The number of likely N-dealkylation sites (tertiary alicyclic amines) is 1. The second kappa shape index (κ2) is 6.27. The number of furan rings is 1. The summed E-state index contributed by atoms with van der Waals surface area (Å²) in [4.78, 5) is 25.5. The first-order valence-electron chi connectivity index (χ1n) is 7.57. The molecule has 2 heterocycles. The Morgan fingerprint density at radius 1 is 1.12 bits per heavy atom. The van der Waals surface area contributed by atoms with Gasteiger partial charge in [0.25, 0.3) is 5.91 Å². The topological polar surface area (TPSA) is 76.5 Å². The molecule has 0 bridgehead atoms. The van der Waals surface area contributed by atoms with Gasteiger partial charge in [0, 0.05) is 19.0 Å². The van der Waals surface area contributed by atoms with Crippen LogP contribution in [0.3, 0.4) is 0 Å². The highest BCUT2D eigenvalue weighted by atomic mass is 19.4. The molecule has 3 rings (SSSR count). The van der Waals surface area contributed by atoms with Crippen molar-refractivity contribution in [3.05, 3.63) is 59.5 Å². The van der Waals surface area contributed by atoms with Crippen LogP contribution in [0.25, 0.3) is 0 Å². The summed E-state index contributed by atoms with van der Waals surface area (Å²) < 4.78 is 43.2. The molecule has 25 heavy (non-hydrogen) atoms. The van der Waals surface area contributed by atoms with E-state index in [0.29, 0.717) is 0 Å². The maximum atomic E-state index is 12.9. The smallest absolute Gasteiger partial charge is 0.450 e. The molecule has 2 amide bonds. The van der Waals surface area contributed by atoms with E-state index in [0.717, 1.165) is 17.9 Å². The predicted octanol–water partition coefficient (Wildman–Crippen LogP) is 2.64. The third-order valence-corrected chi connectivity index (χ3v) is 4.35. The molecule has 2 N–H and O–H groups in total. The second-order valence-corrected chi connectivity index (χ2v) is 5.90. The quantitative estimate of drug-likeness (QED) is 0.923. The number of halogens is 3. The van der Waals surface area contributed by atoms with Crippen molar-refractivity contribution in [3.8, 4) is 0 Å². The van der Waals surface area contributed by atoms with Crippen molar-refractivity contribution in [2.75, 3.05) is 13.1 Å². The summed E-state index contributed by atoms with van der Waals surface area (Å²) >= 11 is 0. The number of nitrogens with zero attached hydrogens (tertiary/aromatic N) is 1. The van der Waals surface area contributed by atoms with Gasteiger partial charge in [0.05, 0.1) is 17.7 Å². The Bertz CT molecular complexity index is 786. The van der Waals surface area contributed by atoms with Crippen LogP contribution in [-0.2, 0) is 11.0 Å². The van der Waals surface area contributed by atoms with Crippen molar-refractivity contribution in [1.82, 2.24) is 4.90 Å². The van der Waals surface area contributed by atoms with Crippen molar-refractivity contribution in [2.45, 2.75) is 12.1 Å². The predicted molar refractivity (Wildman–Crippen MR) is 81.5 cm³/mol. The third-order valence-electron chi connectivity index (χ3n) is 4.35. The summed E-state index contributed by atoms with van der Waals surface area (Å²) in [6.45, 7) is 0.0785. The van der Waals surface area contributed by atoms with E-state index in [4.69, 9.17) is 5.73 Å². The zero-order valence-electron chi connectivity index (χ0n) is 13.0. The van der Waals surface area contributed by atoms with Gasteiger partial charge in [-0.2, -0.15) is 13.2 Å². The molecule has 1 aliphatic rings. The van der Waals surface area contributed by atoms with Gasteiger partial charge in [-0.25, -0.2) is 0 Å². The monoisotopic (exact) mass is 352 g/mol. The fourth-order valence-electron chi connectivity index (χ4n) is 3.16. The Morgan fingerprint density at radius 2 is 1.80 bits per heavy atom. The molecule has 1 saturated heterocycles. The summed E-state index contributed by atoms with van der Waals surface area (Å²) in [6, 6.07) is 9.97. The molecule has 0 saturated carbocycles. The van der Waals surface area contributed by atoms with Crippen LogP contribution in [0.1, 0.15) is 27.6 Å². The molecular formula is C17H15F3N2O3. The molecule has 8 heteroatoms. The lowest BCUT2D eigenvalue weighted by atomic mass is 9.89. The minimum absolute atomic E-state index is 0.0315. The van der Waals surface area contributed by atoms with E-state index < -0.39 is 35.2 Å². The standard InChI is InChI=1S/C17H15F3N2O3/c18-17(19,20)14-11(6-7-25-14)16(24)22-8-12(13(9-22)15(21)23)10-4-2-1-3-5-10/h1-7,12-13H,8-9H2,(H2,21,23)/t12-,13+/m0/s1. The fraction of sp³-hybridized carbons (Fsp3) is 0.294. The van der Waals surface area contributed by atoms with Crippen LogP contribution in [-0.4, -0.2) is 29.8 Å². The summed E-state index contributed by atoms with van der Waals surface area (Å²) in [5, 5.41) is 0. The number of benzene rings is 1. The number of nitrogens with two attached hydrogens (primary N) is 1. The largest absolute Gasteiger partial charge is 0.459 e. The molecule has 1 aromatic heterocycles. The van der Waals surface area contributed by atoms with E-state index in [2.05, 4.69) is 4.42 Å². The number of hydrogen-bond donors (Lipinski definition) is 1. The van der Waals surface area contributed by atoms with E-state index >= 15 is 0 Å². The molecule has 2 atom stereocenters. The number of carbonyl (C=O) groups is 2. The molecule has 132 valence electrons. The maximum Gasteiger partial charge on any atom is 0.450 e. The number of primary amides is 1. The molecule has 5 nitrogen and oxygen atoms in total. The highest BCUT2D eigenvalue weighted by Crippen LogP contribution is 2.36. The lowest BCUT2D eigenvalue weighted by Crippen LogP contribution is -2.32. The van der Waals surface area contributed by atoms with Gasteiger partial charge in [0.15, 0.2) is 0 Å². The van der Waals surface area contributed by atoms with Crippen LogP contribution in [0.2, 0.25) is 0 Å². The lowest BCUT2D eigenvalue weighted by molar-refractivity contribution is -0.153. The van der Waals surface area contributed by atoms with Crippen molar-refractivity contribution in [3.63, 3.8) is 0 Å². The number of rotatable bonds is 3.